The van der Waals surface area contributed by atoms with Crippen LogP contribution < -0.4 is 5.32 Å². The molecule has 0 aliphatic carbocycles. The predicted octanol–water partition coefficient (Wildman–Crippen LogP) is 16.6. The van der Waals surface area contributed by atoms with Gasteiger partial charge in [-0.2, -0.15) is 0 Å². The van der Waals surface area contributed by atoms with Crippen molar-refractivity contribution in [2.24, 2.45) is 0 Å². The predicted molar refractivity (Wildman–Crippen MR) is 266 cm³/mol. The van der Waals surface area contributed by atoms with Gasteiger partial charge < -0.3 is 15.5 Å². The summed E-state index contributed by atoms with van der Waals surface area (Å²) in [5.41, 5.74) is 0. The molecule has 0 saturated heterocycles. The fourth-order valence-corrected chi connectivity index (χ4v) is 7.18. The molecule has 1 amide bonds. The maximum Gasteiger partial charge on any atom is 0.220 e. The van der Waals surface area contributed by atoms with Gasteiger partial charge in [0.1, 0.15) is 0 Å². The van der Waals surface area contributed by atoms with E-state index in [1.54, 1.807) is 6.08 Å². The first-order valence-corrected chi connectivity index (χ1v) is 25.5. The summed E-state index contributed by atoms with van der Waals surface area (Å²) in [5.74, 6) is -0.0813. The fraction of sp³-hybridized carbons (Fsp3) is 0.696. The van der Waals surface area contributed by atoms with E-state index in [4.69, 9.17) is 0 Å². The van der Waals surface area contributed by atoms with Gasteiger partial charge in [0.2, 0.25) is 5.91 Å². The van der Waals surface area contributed by atoms with Crippen LogP contribution >= 0.6 is 0 Å². The average Bonchev–Trinajstić information content (AvgIpc) is 3.25. The van der Waals surface area contributed by atoms with Gasteiger partial charge in [-0.25, -0.2) is 0 Å². The minimum Gasteiger partial charge on any atom is -0.394 e. The fourth-order valence-electron chi connectivity index (χ4n) is 7.18. The molecular weight excluding hydrogens is 735 g/mol. The molecule has 0 aromatic carbocycles. The summed E-state index contributed by atoms with van der Waals surface area (Å²) in [4.78, 5) is 12.4. The lowest BCUT2D eigenvalue weighted by Crippen LogP contribution is -2.45. The van der Waals surface area contributed by atoms with E-state index >= 15 is 0 Å². The molecule has 344 valence electrons. The number of hydrogen-bond donors (Lipinski definition) is 3. The number of rotatable bonds is 45. The molecule has 0 bridgehead atoms. The molecule has 0 heterocycles. The van der Waals surface area contributed by atoms with E-state index in [9.17, 15) is 15.0 Å². The summed E-state index contributed by atoms with van der Waals surface area (Å²) in [5, 5.41) is 23.1. The minimum absolute atomic E-state index is 0.0813. The lowest BCUT2D eigenvalue weighted by atomic mass is 10.0. The number of nitrogens with one attached hydrogen (secondary N) is 1. The molecular formula is C56H97NO3. The molecule has 3 N–H and O–H groups in total. The summed E-state index contributed by atoms with van der Waals surface area (Å²) in [6.45, 7) is 4.17. The molecule has 0 aromatic rings. The molecule has 4 nitrogen and oxygen atoms in total. The van der Waals surface area contributed by atoms with E-state index in [1.807, 2.05) is 6.08 Å². The van der Waals surface area contributed by atoms with Gasteiger partial charge in [0.15, 0.2) is 0 Å². The van der Waals surface area contributed by atoms with Gasteiger partial charge in [0, 0.05) is 6.42 Å². The van der Waals surface area contributed by atoms with Crippen molar-refractivity contribution in [1.29, 1.82) is 0 Å². The second kappa shape index (κ2) is 50.7. The van der Waals surface area contributed by atoms with Crippen molar-refractivity contribution in [3.8, 4) is 0 Å². The number of carbonyl (C=O) groups is 1. The van der Waals surface area contributed by atoms with Crippen molar-refractivity contribution >= 4 is 5.91 Å². The second-order valence-corrected chi connectivity index (χ2v) is 16.8. The van der Waals surface area contributed by atoms with Crippen LogP contribution in [0.25, 0.3) is 0 Å². The quantitative estimate of drug-likeness (QED) is 0.0423. The Balaban J connectivity index is 3.58. The Labute approximate surface area is 373 Å². The third-order valence-corrected chi connectivity index (χ3v) is 11.0. The van der Waals surface area contributed by atoms with Crippen LogP contribution in [0.4, 0.5) is 0 Å². The summed E-state index contributed by atoms with van der Waals surface area (Å²) in [6, 6.07) is -0.650. The Morgan fingerprint density at radius 2 is 0.750 bits per heavy atom. The molecule has 0 spiro atoms. The molecule has 0 aliphatic rings. The SMILES string of the molecule is CC/C=C\C/C=C\C/C=C\C/C=C\C/C=C\CCCCCCCCCCCCCCCCCC(=O)NC(CO)C(O)/C=C/CC/C=C/CC/C=C/CCCCCCCCC. The van der Waals surface area contributed by atoms with Crippen LogP contribution in [0, 0.1) is 0 Å². The van der Waals surface area contributed by atoms with E-state index in [-0.39, 0.29) is 12.5 Å². The van der Waals surface area contributed by atoms with Crippen molar-refractivity contribution in [2.45, 2.75) is 244 Å². The third-order valence-electron chi connectivity index (χ3n) is 11.0. The molecule has 0 aromatic heterocycles. The van der Waals surface area contributed by atoms with E-state index < -0.39 is 12.1 Å². The van der Waals surface area contributed by atoms with Crippen LogP contribution in [-0.4, -0.2) is 34.9 Å². The summed E-state index contributed by atoms with van der Waals surface area (Å²) in [7, 11) is 0. The zero-order valence-electron chi connectivity index (χ0n) is 39.4. The Bertz CT molecular complexity index is 1130. The van der Waals surface area contributed by atoms with Gasteiger partial charge in [-0.1, -0.05) is 233 Å². The highest BCUT2D eigenvalue weighted by Gasteiger charge is 2.17. The van der Waals surface area contributed by atoms with Gasteiger partial charge in [-0.15, -0.1) is 0 Å². The lowest BCUT2D eigenvalue weighted by Gasteiger charge is -2.19. The van der Waals surface area contributed by atoms with Crippen molar-refractivity contribution in [3.05, 3.63) is 97.2 Å². The molecule has 0 radical (unpaired) electrons. The number of amides is 1. The van der Waals surface area contributed by atoms with Crippen molar-refractivity contribution < 1.29 is 15.0 Å². The standard InChI is InChI=1S/C56H97NO3/c1-3-5-7-9-11-13-15-17-19-21-22-23-24-25-26-27-28-29-30-31-32-33-34-36-38-40-42-44-46-48-50-52-56(60)57-54(53-58)55(59)51-49-47-45-43-41-39-37-35-20-18-16-14-12-10-8-6-4-2/h5,7,11,13,17,19-20,22-23,25-26,35,41,43,49,51,54-55,58-59H,3-4,6,8-10,12,14-16,18,21,24,27-34,36-40,42,44-48,50,52-53H2,1-2H3,(H,57,60)/b7-5-,13-11-,19-17-,23-22-,26-25-,35-20+,43-41+,51-49+. The Hall–Kier alpha value is -2.69. The molecule has 4 heteroatoms. The molecule has 0 rings (SSSR count). The average molecular weight is 832 g/mol. The normalized spacial score (nSPS) is 13.7. The van der Waals surface area contributed by atoms with E-state index in [2.05, 4.69) is 104 Å². The molecule has 2 unspecified atom stereocenters. The molecule has 0 saturated carbocycles. The molecule has 2 atom stereocenters. The van der Waals surface area contributed by atoms with Gasteiger partial charge in [0.05, 0.1) is 18.8 Å². The number of hydrogen-bond acceptors (Lipinski definition) is 3. The zero-order chi connectivity index (χ0) is 43.5. The first-order valence-electron chi connectivity index (χ1n) is 25.5. The smallest absolute Gasteiger partial charge is 0.220 e. The van der Waals surface area contributed by atoms with Crippen LogP contribution in [-0.2, 0) is 4.79 Å². The minimum atomic E-state index is -0.874. The lowest BCUT2D eigenvalue weighted by molar-refractivity contribution is -0.123. The highest BCUT2D eigenvalue weighted by molar-refractivity contribution is 5.76. The van der Waals surface area contributed by atoms with E-state index in [0.29, 0.717) is 6.42 Å². The van der Waals surface area contributed by atoms with Crippen LogP contribution in [0.2, 0.25) is 0 Å². The van der Waals surface area contributed by atoms with Crippen molar-refractivity contribution in [2.75, 3.05) is 6.61 Å². The first kappa shape index (κ1) is 57.3. The maximum atomic E-state index is 12.4. The van der Waals surface area contributed by atoms with E-state index in [1.165, 1.54) is 141 Å². The van der Waals surface area contributed by atoms with Crippen LogP contribution in [0.1, 0.15) is 232 Å². The largest absolute Gasteiger partial charge is 0.394 e. The number of aliphatic hydroxyl groups excluding tert-OH is 2. The van der Waals surface area contributed by atoms with Crippen LogP contribution in [0.5, 0.6) is 0 Å². The number of aliphatic hydroxyl groups is 2. The van der Waals surface area contributed by atoms with Gasteiger partial charge in [0.25, 0.3) is 0 Å². The van der Waals surface area contributed by atoms with Crippen molar-refractivity contribution in [3.63, 3.8) is 0 Å². The van der Waals surface area contributed by atoms with Crippen molar-refractivity contribution in [1.82, 2.24) is 5.32 Å². The van der Waals surface area contributed by atoms with Crippen LogP contribution in [0.15, 0.2) is 97.2 Å². The topological polar surface area (TPSA) is 69.6 Å². The Kier molecular flexibility index (Phi) is 48.4. The zero-order valence-corrected chi connectivity index (χ0v) is 39.4. The number of allylic oxidation sites excluding steroid dienone is 15. The summed E-state index contributed by atoms with van der Waals surface area (Å²) >= 11 is 0. The number of unbranched alkanes of at least 4 members (excludes halogenated alkanes) is 24. The van der Waals surface area contributed by atoms with Gasteiger partial charge in [-0.3, -0.25) is 4.79 Å². The second-order valence-electron chi connectivity index (χ2n) is 16.8. The summed E-state index contributed by atoms with van der Waals surface area (Å²) < 4.78 is 0. The van der Waals surface area contributed by atoms with Crippen LogP contribution in [0.3, 0.4) is 0 Å². The Morgan fingerprint density at radius 3 is 1.17 bits per heavy atom. The highest BCUT2D eigenvalue weighted by Crippen LogP contribution is 2.15. The third kappa shape index (κ3) is 46.4. The molecule has 60 heavy (non-hydrogen) atoms. The molecule has 0 fully saturated rings. The Morgan fingerprint density at radius 1 is 0.417 bits per heavy atom. The number of carbonyl (C=O) groups excluding carboxylic acids is 1. The van der Waals surface area contributed by atoms with Gasteiger partial charge in [-0.05, 0) is 89.9 Å². The highest BCUT2D eigenvalue weighted by atomic mass is 16.3. The summed E-state index contributed by atoms with van der Waals surface area (Å²) in [6.07, 6.45) is 75.4. The van der Waals surface area contributed by atoms with Gasteiger partial charge >= 0.3 is 0 Å². The molecule has 0 aliphatic heterocycles. The first-order chi connectivity index (χ1) is 29.7. The van der Waals surface area contributed by atoms with E-state index in [0.717, 1.165) is 70.6 Å². The maximum absolute atomic E-state index is 12.4. The monoisotopic (exact) mass is 832 g/mol.